The van der Waals surface area contributed by atoms with E-state index in [-0.39, 0.29) is 6.10 Å². The molecule has 1 aromatic heterocycles. The molecule has 0 aromatic carbocycles. The number of nitrogens with two attached hydrogens (primary N) is 1. The van der Waals surface area contributed by atoms with Gasteiger partial charge in [0.1, 0.15) is 11.4 Å². The van der Waals surface area contributed by atoms with Gasteiger partial charge in [-0.15, -0.1) is 0 Å². The lowest BCUT2D eigenvalue weighted by Crippen LogP contribution is -2.43. The summed E-state index contributed by atoms with van der Waals surface area (Å²) in [5.74, 6) is 0.756. The van der Waals surface area contributed by atoms with E-state index in [1.807, 2.05) is 19.9 Å². The first-order valence-corrected chi connectivity index (χ1v) is 5.81. The highest BCUT2D eigenvalue weighted by atomic mass is 16.5. The van der Waals surface area contributed by atoms with Gasteiger partial charge in [0.15, 0.2) is 0 Å². The number of ether oxygens (including phenoxy) is 1. The minimum atomic E-state index is -0.810. The Labute approximate surface area is 101 Å². The Kier molecular flexibility index (Phi) is 3.22. The largest absolute Gasteiger partial charge is 0.397 e. The van der Waals surface area contributed by atoms with Crippen LogP contribution in [0.1, 0.15) is 18.9 Å². The number of aromatic nitrogens is 1. The third-order valence-corrected chi connectivity index (χ3v) is 3.32. The quantitative estimate of drug-likeness (QED) is 0.728. The van der Waals surface area contributed by atoms with Gasteiger partial charge in [-0.05, 0) is 25.5 Å². The van der Waals surface area contributed by atoms with Crippen molar-refractivity contribution in [2.75, 3.05) is 24.2 Å². The summed E-state index contributed by atoms with van der Waals surface area (Å²) in [4.78, 5) is 4.21. The average molecular weight is 237 g/mol. The highest BCUT2D eigenvalue weighted by Gasteiger charge is 2.39. The molecule has 1 aromatic rings. The van der Waals surface area contributed by atoms with Crippen LogP contribution in [0.5, 0.6) is 0 Å². The number of aryl methyl sites for hydroxylation is 1. The van der Waals surface area contributed by atoms with E-state index in [0.717, 1.165) is 11.4 Å². The number of pyridine rings is 1. The number of nitrogen functional groups attached to an aromatic ring is 1. The lowest BCUT2D eigenvalue weighted by Gasteiger charge is -2.26. The molecule has 0 aliphatic carbocycles. The first kappa shape index (κ1) is 12.1. The third-order valence-electron chi connectivity index (χ3n) is 3.32. The SMILES string of the molecule is Cc1cc(N)cnc1NCC1(O)CCOC1C. The van der Waals surface area contributed by atoms with E-state index in [1.165, 1.54) is 0 Å². The second-order valence-corrected chi connectivity index (χ2v) is 4.65. The van der Waals surface area contributed by atoms with Gasteiger partial charge in [-0.3, -0.25) is 0 Å². The van der Waals surface area contributed by atoms with Crippen molar-refractivity contribution < 1.29 is 9.84 Å². The average Bonchev–Trinajstić information content (AvgIpc) is 2.59. The van der Waals surface area contributed by atoms with Crippen molar-refractivity contribution in [1.29, 1.82) is 0 Å². The zero-order valence-electron chi connectivity index (χ0n) is 10.2. The summed E-state index contributed by atoms with van der Waals surface area (Å²) >= 11 is 0. The molecular weight excluding hydrogens is 218 g/mol. The molecule has 1 aliphatic heterocycles. The molecule has 2 rings (SSSR count). The van der Waals surface area contributed by atoms with Gasteiger partial charge in [-0.25, -0.2) is 4.98 Å². The number of nitrogens with one attached hydrogen (secondary N) is 1. The Hall–Kier alpha value is -1.33. The monoisotopic (exact) mass is 237 g/mol. The van der Waals surface area contributed by atoms with Crippen molar-refractivity contribution in [1.82, 2.24) is 4.98 Å². The second-order valence-electron chi connectivity index (χ2n) is 4.65. The van der Waals surface area contributed by atoms with Crippen LogP contribution in [0.15, 0.2) is 12.3 Å². The Balaban J connectivity index is 2.02. The van der Waals surface area contributed by atoms with E-state index in [4.69, 9.17) is 10.5 Å². The molecule has 2 atom stereocenters. The fraction of sp³-hybridized carbons (Fsp3) is 0.583. The first-order valence-electron chi connectivity index (χ1n) is 5.81. The predicted molar refractivity (Wildman–Crippen MR) is 66.9 cm³/mol. The molecule has 1 saturated heterocycles. The van der Waals surface area contributed by atoms with Gasteiger partial charge in [0, 0.05) is 19.6 Å². The van der Waals surface area contributed by atoms with Gasteiger partial charge in [-0.1, -0.05) is 0 Å². The van der Waals surface area contributed by atoms with Crippen LogP contribution in [-0.2, 0) is 4.74 Å². The van der Waals surface area contributed by atoms with Crippen LogP contribution in [0.25, 0.3) is 0 Å². The Bertz CT molecular complexity index is 411. The normalized spacial score (nSPS) is 28.3. The molecule has 2 heterocycles. The molecule has 0 bridgehead atoms. The van der Waals surface area contributed by atoms with Crippen molar-refractivity contribution in [3.63, 3.8) is 0 Å². The zero-order valence-corrected chi connectivity index (χ0v) is 10.2. The smallest absolute Gasteiger partial charge is 0.129 e. The molecule has 5 heteroatoms. The van der Waals surface area contributed by atoms with Gasteiger partial charge < -0.3 is 20.9 Å². The number of rotatable bonds is 3. The molecule has 94 valence electrons. The van der Waals surface area contributed by atoms with E-state index < -0.39 is 5.60 Å². The fourth-order valence-electron chi connectivity index (χ4n) is 2.02. The number of nitrogens with zero attached hydrogens (tertiary/aromatic N) is 1. The van der Waals surface area contributed by atoms with Gasteiger partial charge >= 0.3 is 0 Å². The Morgan fingerprint density at radius 2 is 2.47 bits per heavy atom. The van der Waals surface area contributed by atoms with Crippen LogP contribution in [0.2, 0.25) is 0 Å². The van der Waals surface area contributed by atoms with E-state index in [0.29, 0.717) is 25.3 Å². The summed E-state index contributed by atoms with van der Waals surface area (Å²) in [5, 5.41) is 13.5. The molecule has 0 radical (unpaired) electrons. The van der Waals surface area contributed by atoms with Crippen LogP contribution in [-0.4, -0.2) is 34.9 Å². The number of hydrogen-bond acceptors (Lipinski definition) is 5. The summed E-state index contributed by atoms with van der Waals surface area (Å²) in [7, 11) is 0. The maximum Gasteiger partial charge on any atom is 0.129 e. The lowest BCUT2D eigenvalue weighted by molar-refractivity contribution is -0.0176. The molecule has 0 saturated carbocycles. The topological polar surface area (TPSA) is 80.4 Å². The van der Waals surface area contributed by atoms with Crippen LogP contribution in [0.3, 0.4) is 0 Å². The van der Waals surface area contributed by atoms with Crippen molar-refractivity contribution in [3.8, 4) is 0 Å². The molecule has 2 unspecified atom stereocenters. The van der Waals surface area contributed by atoms with Gasteiger partial charge in [0.25, 0.3) is 0 Å². The highest BCUT2D eigenvalue weighted by molar-refractivity contribution is 5.50. The van der Waals surface area contributed by atoms with Gasteiger partial charge in [0.05, 0.1) is 18.0 Å². The molecule has 5 nitrogen and oxygen atoms in total. The second kappa shape index (κ2) is 4.50. The molecule has 0 amide bonds. The van der Waals surface area contributed by atoms with Crippen LogP contribution >= 0.6 is 0 Å². The summed E-state index contributed by atoms with van der Waals surface area (Å²) < 4.78 is 5.38. The van der Waals surface area contributed by atoms with Crippen molar-refractivity contribution in [2.24, 2.45) is 0 Å². The third kappa shape index (κ3) is 2.50. The lowest BCUT2D eigenvalue weighted by atomic mass is 9.97. The highest BCUT2D eigenvalue weighted by Crippen LogP contribution is 2.26. The van der Waals surface area contributed by atoms with Gasteiger partial charge in [-0.2, -0.15) is 0 Å². The van der Waals surface area contributed by atoms with E-state index in [1.54, 1.807) is 6.20 Å². The van der Waals surface area contributed by atoms with Crippen LogP contribution in [0.4, 0.5) is 11.5 Å². The van der Waals surface area contributed by atoms with E-state index >= 15 is 0 Å². The predicted octanol–water partition coefficient (Wildman–Crippen LogP) is 0.924. The van der Waals surface area contributed by atoms with Crippen molar-refractivity contribution >= 4 is 11.5 Å². The molecule has 0 spiro atoms. The van der Waals surface area contributed by atoms with E-state index in [9.17, 15) is 5.11 Å². The standard InChI is InChI=1S/C12H19N3O2/c1-8-5-10(13)6-14-11(8)15-7-12(16)3-4-17-9(12)2/h5-6,9,16H,3-4,7,13H2,1-2H3,(H,14,15). The van der Waals surface area contributed by atoms with Crippen LogP contribution < -0.4 is 11.1 Å². The molecule has 1 aliphatic rings. The van der Waals surface area contributed by atoms with Crippen molar-refractivity contribution in [3.05, 3.63) is 17.8 Å². The zero-order chi connectivity index (χ0) is 12.5. The Morgan fingerprint density at radius 1 is 1.71 bits per heavy atom. The van der Waals surface area contributed by atoms with Crippen LogP contribution in [0, 0.1) is 6.92 Å². The summed E-state index contributed by atoms with van der Waals surface area (Å²) in [6.07, 6.45) is 2.10. The summed E-state index contributed by atoms with van der Waals surface area (Å²) in [6, 6.07) is 1.86. The fourth-order valence-corrected chi connectivity index (χ4v) is 2.02. The summed E-state index contributed by atoms with van der Waals surface area (Å²) in [6.45, 7) is 4.86. The summed E-state index contributed by atoms with van der Waals surface area (Å²) in [5.41, 5.74) is 6.44. The maximum absolute atomic E-state index is 10.3. The minimum absolute atomic E-state index is 0.149. The van der Waals surface area contributed by atoms with Gasteiger partial charge in [0.2, 0.25) is 0 Å². The minimum Gasteiger partial charge on any atom is -0.397 e. The number of hydrogen-bond donors (Lipinski definition) is 3. The molecular formula is C12H19N3O2. The Morgan fingerprint density at radius 3 is 3.06 bits per heavy atom. The molecule has 1 fully saturated rings. The molecule has 17 heavy (non-hydrogen) atoms. The van der Waals surface area contributed by atoms with Crippen molar-refractivity contribution in [2.45, 2.75) is 32.0 Å². The number of anilines is 2. The maximum atomic E-state index is 10.3. The molecule has 4 N–H and O–H groups in total. The first-order chi connectivity index (χ1) is 8.01. The van der Waals surface area contributed by atoms with E-state index in [2.05, 4.69) is 10.3 Å². The number of aliphatic hydroxyl groups is 1.